The topological polar surface area (TPSA) is 47.3 Å². The molecule has 0 bridgehead atoms. The number of nitrogens with zero attached hydrogens (tertiary/aromatic N) is 2. The number of benzene rings is 1. The van der Waals surface area contributed by atoms with Gasteiger partial charge in [-0.25, -0.2) is 4.98 Å². The van der Waals surface area contributed by atoms with Crippen molar-refractivity contribution in [1.82, 2.24) is 9.55 Å². The maximum absolute atomic E-state index is 8.63. The molecule has 2 rings (SSSR count). The normalized spacial score (nSPS) is 9.74. The van der Waals surface area contributed by atoms with Gasteiger partial charge in [0, 0.05) is 24.4 Å². The monoisotopic (exact) mass is 256 g/mol. The van der Waals surface area contributed by atoms with Crippen LogP contribution in [0.4, 0.5) is 0 Å². The van der Waals surface area contributed by atoms with E-state index in [4.69, 9.17) is 9.84 Å². The number of aromatic nitrogens is 2. The smallest absolute Gasteiger partial charge is 0.119 e. The van der Waals surface area contributed by atoms with E-state index in [9.17, 15) is 0 Å². The highest BCUT2D eigenvalue weighted by molar-refractivity contribution is 5.38. The van der Waals surface area contributed by atoms with Crippen molar-refractivity contribution in [2.45, 2.75) is 13.0 Å². The predicted molar refractivity (Wildman–Crippen MR) is 72.7 cm³/mol. The molecule has 0 aliphatic rings. The van der Waals surface area contributed by atoms with Crippen LogP contribution in [0.1, 0.15) is 12.0 Å². The molecule has 1 aromatic heterocycles. The molecule has 0 aliphatic carbocycles. The number of aliphatic hydroxyl groups is 1. The van der Waals surface area contributed by atoms with Crippen LogP contribution in [0.2, 0.25) is 0 Å². The van der Waals surface area contributed by atoms with Crippen LogP contribution < -0.4 is 4.74 Å². The Morgan fingerprint density at radius 1 is 1.26 bits per heavy atom. The van der Waals surface area contributed by atoms with E-state index in [-0.39, 0.29) is 6.61 Å². The van der Waals surface area contributed by atoms with Gasteiger partial charge < -0.3 is 14.4 Å². The van der Waals surface area contributed by atoms with Gasteiger partial charge in [-0.1, -0.05) is 11.8 Å². The SMILES string of the molecule is OCCC#Cc1ccc(OCCn2ccnc2)cc1. The van der Waals surface area contributed by atoms with Crippen LogP contribution >= 0.6 is 0 Å². The molecule has 0 unspecified atom stereocenters. The van der Waals surface area contributed by atoms with Gasteiger partial charge in [0.1, 0.15) is 12.4 Å². The van der Waals surface area contributed by atoms with Crippen LogP contribution in [0.3, 0.4) is 0 Å². The Morgan fingerprint density at radius 3 is 2.79 bits per heavy atom. The van der Waals surface area contributed by atoms with Crippen molar-refractivity contribution >= 4 is 0 Å². The quantitative estimate of drug-likeness (QED) is 0.828. The van der Waals surface area contributed by atoms with Gasteiger partial charge >= 0.3 is 0 Å². The lowest BCUT2D eigenvalue weighted by atomic mass is 10.2. The highest BCUT2D eigenvalue weighted by Gasteiger charge is 1.94. The molecule has 0 atom stereocenters. The van der Waals surface area contributed by atoms with Gasteiger partial charge in [-0.15, -0.1) is 0 Å². The fourth-order valence-corrected chi connectivity index (χ4v) is 1.54. The number of aliphatic hydroxyl groups excluding tert-OH is 1. The number of imidazole rings is 1. The summed E-state index contributed by atoms with van der Waals surface area (Å²) in [6, 6.07) is 7.63. The second-order valence-electron chi connectivity index (χ2n) is 3.95. The fraction of sp³-hybridized carbons (Fsp3) is 0.267. The Labute approximate surface area is 112 Å². The number of hydrogen-bond acceptors (Lipinski definition) is 3. The Balaban J connectivity index is 1.80. The Morgan fingerprint density at radius 2 is 2.11 bits per heavy atom. The lowest BCUT2D eigenvalue weighted by molar-refractivity contribution is 0.298. The molecule has 0 radical (unpaired) electrons. The van der Waals surface area contributed by atoms with E-state index in [1.54, 1.807) is 12.5 Å². The zero-order valence-electron chi connectivity index (χ0n) is 10.6. The molecule has 0 amide bonds. The van der Waals surface area contributed by atoms with Gasteiger partial charge in [0.15, 0.2) is 0 Å². The van der Waals surface area contributed by atoms with Crippen molar-refractivity contribution in [3.8, 4) is 17.6 Å². The van der Waals surface area contributed by atoms with E-state index in [0.29, 0.717) is 13.0 Å². The highest BCUT2D eigenvalue weighted by Crippen LogP contribution is 2.11. The van der Waals surface area contributed by atoms with Crippen LogP contribution in [0.25, 0.3) is 0 Å². The van der Waals surface area contributed by atoms with Crippen molar-refractivity contribution in [3.05, 3.63) is 48.5 Å². The molecular formula is C15H16N2O2. The van der Waals surface area contributed by atoms with Crippen LogP contribution in [0.5, 0.6) is 5.75 Å². The average Bonchev–Trinajstić information content (AvgIpc) is 2.94. The summed E-state index contributed by atoms with van der Waals surface area (Å²) in [5.41, 5.74) is 0.926. The van der Waals surface area contributed by atoms with Gasteiger partial charge in [0.25, 0.3) is 0 Å². The van der Waals surface area contributed by atoms with Gasteiger partial charge in [0.2, 0.25) is 0 Å². The first-order chi connectivity index (χ1) is 9.38. The van der Waals surface area contributed by atoms with E-state index < -0.39 is 0 Å². The number of hydrogen-bond donors (Lipinski definition) is 1. The summed E-state index contributed by atoms with van der Waals surface area (Å²) in [7, 11) is 0. The molecule has 19 heavy (non-hydrogen) atoms. The molecule has 1 N–H and O–H groups in total. The van der Waals surface area contributed by atoms with E-state index in [1.165, 1.54) is 0 Å². The fourth-order valence-electron chi connectivity index (χ4n) is 1.54. The second kappa shape index (κ2) is 7.24. The van der Waals surface area contributed by atoms with Gasteiger partial charge in [-0.3, -0.25) is 0 Å². The summed E-state index contributed by atoms with van der Waals surface area (Å²) < 4.78 is 7.59. The number of rotatable bonds is 5. The van der Waals surface area contributed by atoms with E-state index >= 15 is 0 Å². The van der Waals surface area contributed by atoms with Gasteiger partial charge in [0.05, 0.1) is 19.5 Å². The summed E-state index contributed by atoms with van der Waals surface area (Å²) in [5, 5.41) is 8.63. The Kier molecular flexibility index (Phi) is 5.03. The maximum Gasteiger partial charge on any atom is 0.119 e. The molecule has 0 fully saturated rings. The predicted octanol–water partition coefficient (Wildman–Crippen LogP) is 1.70. The first-order valence-electron chi connectivity index (χ1n) is 6.17. The Hall–Kier alpha value is -2.25. The standard InChI is InChI=1S/C15H16N2O2/c18-11-2-1-3-14-4-6-15(7-5-14)19-12-10-17-9-8-16-13-17/h4-9,13,18H,2,10-12H2. The van der Waals surface area contributed by atoms with Crippen LogP contribution in [-0.4, -0.2) is 27.9 Å². The second-order valence-corrected chi connectivity index (χ2v) is 3.95. The molecule has 0 aliphatic heterocycles. The van der Waals surface area contributed by atoms with Crippen molar-refractivity contribution < 1.29 is 9.84 Å². The van der Waals surface area contributed by atoms with E-state index in [2.05, 4.69) is 16.8 Å². The third-order valence-electron chi connectivity index (χ3n) is 2.50. The summed E-state index contributed by atoms with van der Waals surface area (Å²) in [6.07, 6.45) is 5.93. The lowest BCUT2D eigenvalue weighted by Crippen LogP contribution is -2.06. The summed E-state index contributed by atoms with van der Waals surface area (Å²) in [6.45, 7) is 1.48. The van der Waals surface area contributed by atoms with Crippen molar-refractivity contribution in [1.29, 1.82) is 0 Å². The first kappa shape index (κ1) is 13.2. The van der Waals surface area contributed by atoms with Gasteiger partial charge in [-0.05, 0) is 24.3 Å². The molecule has 1 aromatic carbocycles. The summed E-state index contributed by atoms with van der Waals surface area (Å²) in [4.78, 5) is 3.97. The van der Waals surface area contributed by atoms with Crippen LogP contribution in [-0.2, 0) is 6.54 Å². The first-order valence-corrected chi connectivity index (χ1v) is 6.17. The number of ether oxygens (including phenoxy) is 1. The zero-order chi connectivity index (χ0) is 13.3. The van der Waals surface area contributed by atoms with E-state index in [1.807, 2.05) is 35.0 Å². The van der Waals surface area contributed by atoms with Crippen molar-refractivity contribution in [2.24, 2.45) is 0 Å². The molecule has 0 saturated carbocycles. The molecule has 4 heteroatoms. The lowest BCUT2D eigenvalue weighted by Gasteiger charge is -2.06. The van der Waals surface area contributed by atoms with Crippen molar-refractivity contribution in [3.63, 3.8) is 0 Å². The minimum atomic E-state index is 0.0996. The van der Waals surface area contributed by atoms with Gasteiger partial charge in [-0.2, -0.15) is 0 Å². The summed E-state index contributed by atoms with van der Waals surface area (Å²) >= 11 is 0. The maximum atomic E-state index is 8.63. The molecule has 4 nitrogen and oxygen atoms in total. The summed E-state index contributed by atoms with van der Waals surface area (Å²) in [5.74, 6) is 6.68. The molecule has 1 heterocycles. The molecule has 0 spiro atoms. The minimum Gasteiger partial charge on any atom is -0.492 e. The largest absolute Gasteiger partial charge is 0.492 e. The highest BCUT2D eigenvalue weighted by atomic mass is 16.5. The molecule has 0 saturated heterocycles. The van der Waals surface area contributed by atoms with Crippen molar-refractivity contribution in [2.75, 3.05) is 13.2 Å². The van der Waals surface area contributed by atoms with Crippen LogP contribution in [0, 0.1) is 11.8 Å². The van der Waals surface area contributed by atoms with E-state index in [0.717, 1.165) is 17.9 Å². The van der Waals surface area contributed by atoms with Crippen LogP contribution in [0.15, 0.2) is 43.0 Å². The Bertz CT molecular complexity index is 536. The average molecular weight is 256 g/mol. The minimum absolute atomic E-state index is 0.0996. The molecule has 98 valence electrons. The molecule has 2 aromatic rings. The zero-order valence-corrected chi connectivity index (χ0v) is 10.6. The third kappa shape index (κ3) is 4.49. The molecular weight excluding hydrogens is 240 g/mol. The third-order valence-corrected chi connectivity index (χ3v) is 2.50.